The molecule has 5 aromatic rings. The van der Waals surface area contributed by atoms with E-state index < -0.39 is 29.8 Å². The highest BCUT2D eigenvalue weighted by atomic mass is 16.8. The minimum absolute atomic E-state index is 0.0212. The van der Waals surface area contributed by atoms with Crippen LogP contribution in [0.4, 0.5) is 0 Å². The molecule has 53 heavy (non-hydrogen) atoms. The summed E-state index contributed by atoms with van der Waals surface area (Å²) >= 11 is 0. The lowest BCUT2D eigenvalue weighted by molar-refractivity contribution is -0.484. The molecule has 1 aliphatic heterocycles. The van der Waals surface area contributed by atoms with Gasteiger partial charge in [0.05, 0.1) is 53.4 Å². The summed E-state index contributed by atoms with van der Waals surface area (Å²) in [6.45, 7) is 1.13. The first kappa shape index (κ1) is 38.5. The van der Waals surface area contributed by atoms with Gasteiger partial charge in [0.25, 0.3) is 5.91 Å². The molecule has 1 aliphatic rings. The summed E-state index contributed by atoms with van der Waals surface area (Å²) in [6.07, 6.45) is -2.92. The Morgan fingerprint density at radius 2 is 0.849 bits per heavy atom. The van der Waals surface area contributed by atoms with Crippen LogP contribution in [0.2, 0.25) is 0 Å². The fourth-order valence-corrected chi connectivity index (χ4v) is 6.47. The summed E-state index contributed by atoms with van der Waals surface area (Å²) in [5.41, 5.74) is 3.33. The van der Waals surface area contributed by atoms with Crippen molar-refractivity contribution < 1.29 is 38.4 Å². The zero-order valence-electron chi connectivity index (χ0n) is 30.4. The Kier molecular flexibility index (Phi) is 13.9. The van der Waals surface area contributed by atoms with Crippen molar-refractivity contribution in [3.8, 4) is 0 Å². The maximum absolute atomic E-state index is 12.8. The number of ether oxygens (including phenoxy) is 6. The number of hydroxylamine groups is 2. The molecule has 0 bridgehead atoms. The number of rotatable bonds is 19. The Bertz CT molecular complexity index is 1700. The molecule has 0 aromatic heterocycles. The van der Waals surface area contributed by atoms with Gasteiger partial charge in [-0.15, -0.1) is 5.06 Å². The number of aliphatic hydroxyl groups is 1. The Morgan fingerprint density at radius 1 is 0.509 bits per heavy atom. The van der Waals surface area contributed by atoms with E-state index in [1.165, 1.54) is 12.2 Å². The molecular formula is C44H49NO8. The Morgan fingerprint density at radius 3 is 1.23 bits per heavy atom. The van der Waals surface area contributed by atoms with Crippen LogP contribution in [0.3, 0.4) is 0 Å². The van der Waals surface area contributed by atoms with Crippen molar-refractivity contribution in [2.75, 3.05) is 27.4 Å². The van der Waals surface area contributed by atoms with E-state index in [0.29, 0.717) is 0 Å². The lowest BCUT2D eigenvalue weighted by atomic mass is 9.85. The monoisotopic (exact) mass is 719 g/mol. The summed E-state index contributed by atoms with van der Waals surface area (Å²) in [4.78, 5) is 5.69. The molecule has 0 saturated carbocycles. The first-order valence-corrected chi connectivity index (χ1v) is 17.9. The van der Waals surface area contributed by atoms with Crippen LogP contribution in [0, 0.1) is 0 Å². The van der Waals surface area contributed by atoms with Crippen molar-refractivity contribution >= 4 is 0 Å². The maximum atomic E-state index is 12.8. The number of nitrogens with zero attached hydrogens (tertiary/aromatic N) is 1. The van der Waals surface area contributed by atoms with Crippen LogP contribution in [0.1, 0.15) is 27.8 Å². The first-order valence-electron chi connectivity index (χ1n) is 17.9. The number of benzene rings is 5. The van der Waals surface area contributed by atoms with Gasteiger partial charge in [0.15, 0.2) is 6.10 Å². The second kappa shape index (κ2) is 19.2. The highest BCUT2D eigenvalue weighted by Gasteiger charge is 2.65. The lowest BCUT2D eigenvalue weighted by Gasteiger charge is -2.56. The normalized spacial score (nSPS) is 21.1. The minimum atomic E-state index is -2.19. The maximum Gasteiger partial charge on any atom is 0.280 e. The zero-order chi connectivity index (χ0) is 36.8. The predicted molar refractivity (Wildman–Crippen MR) is 201 cm³/mol. The number of hydrogen-bond donors (Lipinski definition) is 1. The van der Waals surface area contributed by atoms with E-state index >= 15 is 0 Å². The average Bonchev–Trinajstić information content (AvgIpc) is 3.21. The molecule has 0 spiro atoms. The Hall–Kier alpha value is -4.26. The van der Waals surface area contributed by atoms with Crippen LogP contribution >= 0.6 is 0 Å². The van der Waals surface area contributed by atoms with Crippen molar-refractivity contribution in [1.82, 2.24) is 5.06 Å². The fraction of sp³-hybridized carbons (Fsp3) is 0.318. The predicted octanol–water partition coefficient (Wildman–Crippen LogP) is 7.08. The summed E-state index contributed by atoms with van der Waals surface area (Å²) < 4.78 is 40.3. The molecule has 5 aromatic carbocycles. The first-order chi connectivity index (χ1) is 26.0. The van der Waals surface area contributed by atoms with Gasteiger partial charge in [0.2, 0.25) is 0 Å². The van der Waals surface area contributed by atoms with Crippen molar-refractivity contribution in [1.29, 1.82) is 0 Å². The van der Waals surface area contributed by atoms with Crippen molar-refractivity contribution in [3.63, 3.8) is 0 Å². The molecule has 1 unspecified atom stereocenters. The molecule has 0 amide bonds. The van der Waals surface area contributed by atoms with Gasteiger partial charge in [-0.3, -0.25) is 4.84 Å². The van der Waals surface area contributed by atoms with Gasteiger partial charge in [-0.05, 0) is 27.8 Å². The fourth-order valence-electron chi connectivity index (χ4n) is 6.47. The third kappa shape index (κ3) is 10.2. The molecule has 0 aliphatic carbocycles. The van der Waals surface area contributed by atoms with E-state index in [1.807, 2.05) is 152 Å². The highest BCUT2D eigenvalue weighted by Crippen LogP contribution is 2.43. The molecule has 0 radical (unpaired) electrons. The Labute approximate surface area is 312 Å². The zero-order valence-corrected chi connectivity index (χ0v) is 30.4. The second-order valence-electron chi connectivity index (χ2n) is 13.2. The molecule has 1 fully saturated rings. The van der Waals surface area contributed by atoms with E-state index in [2.05, 4.69) is 0 Å². The Balaban J connectivity index is 1.43. The van der Waals surface area contributed by atoms with Crippen molar-refractivity contribution in [2.24, 2.45) is 0 Å². The molecular weight excluding hydrogens is 670 g/mol. The average molecular weight is 720 g/mol. The van der Waals surface area contributed by atoms with Crippen LogP contribution in [-0.4, -0.2) is 67.4 Å². The number of likely N-dealkylation sites (N-methyl/N-ethyl adjacent to an activating group) is 1. The highest BCUT2D eigenvalue weighted by molar-refractivity contribution is 5.18. The molecule has 6 rings (SSSR count). The van der Waals surface area contributed by atoms with Gasteiger partial charge < -0.3 is 33.5 Å². The molecule has 1 saturated heterocycles. The summed E-state index contributed by atoms with van der Waals surface area (Å²) in [6, 6.07) is 49.3. The molecule has 4 atom stereocenters. The van der Waals surface area contributed by atoms with Crippen molar-refractivity contribution in [2.45, 2.75) is 62.9 Å². The molecule has 9 heteroatoms. The lowest BCUT2D eigenvalue weighted by Crippen LogP contribution is -2.77. The van der Waals surface area contributed by atoms with Crippen molar-refractivity contribution in [3.05, 3.63) is 179 Å². The van der Waals surface area contributed by atoms with Gasteiger partial charge >= 0.3 is 0 Å². The van der Waals surface area contributed by atoms with Crippen LogP contribution in [0.25, 0.3) is 0 Å². The SMILES string of the molecule is CON(C)C1(O)OC(COCc2ccccc2)(COCc2ccccc2)[C@@H](OCc2ccccc2)[C@H](OCc2ccccc2)[C@H]1OCc1ccccc1. The number of hydrogen-bond acceptors (Lipinski definition) is 9. The largest absolute Gasteiger partial charge is 0.374 e. The molecule has 278 valence electrons. The van der Waals surface area contributed by atoms with E-state index in [0.717, 1.165) is 27.8 Å². The third-order valence-electron chi connectivity index (χ3n) is 9.31. The van der Waals surface area contributed by atoms with Gasteiger partial charge in [0.1, 0.15) is 17.8 Å². The van der Waals surface area contributed by atoms with Gasteiger partial charge in [-0.2, -0.15) is 0 Å². The third-order valence-corrected chi connectivity index (χ3v) is 9.31. The van der Waals surface area contributed by atoms with Gasteiger partial charge in [-0.1, -0.05) is 152 Å². The van der Waals surface area contributed by atoms with Crippen LogP contribution in [0.5, 0.6) is 0 Å². The molecule has 1 N–H and O–H groups in total. The van der Waals surface area contributed by atoms with Crippen LogP contribution in [-0.2, 0) is 66.3 Å². The summed E-state index contributed by atoms with van der Waals surface area (Å²) in [5.74, 6) is -2.19. The summed E-state index contributed by atoms with van der Waals surface area (Å²) in [5, 5.41) is 14.1. The quantitative estimate of drug-likeness (QED) is 0.0711. The molecule has 1 heterocycles. The topological polar surface area (TPSA) is 88.1 Å². The van der Waals surface area contributed by atoms with E-state index in [4.69, 9.17) is 33.3 Å². The standard InChI is InChI=1S/C44H49NO8/c1-45(47-2)44(46)42(52-32-39-26-16-7-17-27-39)40(50-30-37-22-12-5-13-23-37)41(51-31-38-24-14-6-15-25-38)43(53-44,33-48-28-35-18-8-3-9-19-35)34-49-29-36-20-10-4-11-21-36/h3-27,40-42,46H,28-34H2,1-2H3/t40-,41-,42+,44?/m0/s1. The minimum Gasteiger partial charge on any atom is -0.374 e. The van der Waals surface area contributed by atoms with Crippen LogP contribution in [0.15, 0.2) is 152 Å². The molecule has 9 nitrogen and oxygen atoms in total. The van der Waals surface area contributed by atoms with E-state index in [-0.39, 0.29) is 46.2 Å². The summed E-state index contributed by atoms with van der Waals surface area (Å²) in [7, 11) is 3.06. The van der Waals surface area contributed by atoms with E-state index in [1.54, 1.807) is 7.05 Å². The smallest absolute Gasteiger partial charge is 0.280 e. The van der Waals surface area contributed by atoms with E-state index in [9.17, 15) is 5.11 Å². The van der Waals surface area contributed by atoms with Crippen LogP contribution < -0.4 is 0 Å². The van der Waals surface area contributed by atoms with Gasteiger partial charge in [-0.25, -0.2) is 0 Å². The second-order valence-corrected chi connectivity index (χ2v) is 13.2. The van der Waals surface area contributed by atoms with Gasteiger partial charge in [0, 0.05) is 7.05 Å².